The zero-order chi connectivity index (χ0) is 17.8. The van der Waals surface area contributed by atoms with E-state index in [1.54, 1.807) is 12.1 Å². The average Bonchev–Trinajstić information content (AvgIpc) is 3.06. The van der Waals surface area contributed by atoms with Crippen molar-refractivity contribution in [1.29, 1.82) is 0 Å². The molecule has 0 saturated carbocycles. The first kappa shape index (κ1) is 17.5. The van der Waals surface area contributed by atoms with Crippen molar-refractivity contribution >= 4 is 5.69 Å². The van der Waals surface area contributed by atoms with Gasteiger partial charge in [0.15, 0.2) is 5.82 Å². The molecule has 2 heterocycles. The Morgan fingerprint density at radius 3 is 2.40 bits per heavy atom. The summed E-state index contributed by atoms with van der Waals surface area (Å²) in [6, 6.07) is 6.94. The molecule has 0 aliphatic carbocycles. The second kappa shape index (κ2) is 7.71. The third kappa shape index (κ3) is 4.40. The molecule has 1 aliphatic rings. The molecule has 0 spiro atoms. The quantitative estimate of drug-likeness (QED) is 0.587. The lowest BCUT2D eigenvalue weighted by atomic mass is 10.1. The Morgan fingerprint density at radius 1 is 1.16 bits per heavy atom. The number of nitrogens with zero attached hydrogens (tertiary/aromatic N) is 5. The molecule has 8 nitrogen and oxygen atoms in total. The van der Waals surface area contributed by atoms with Crippen molar-refractivity contribution in [3.63, 3.8) is 0 Å². The van der Waals surface area contributed by atoms with Crippen molar-refractivity contribution in [3.05, 3.63) is 51.7 Å². The van der Waals surface area contributed by atoms with Gasteiger partial charge in [0.1, 0.15) is 0 Å². The molecule has 1 aromatic carbocycles. The standard InChI is InChI=1S/C17H23N5O3/c1-13(2)17-18-16(25-19-17)12-21-9-7-20(8-10-21)11-14-5-3-4-6-15(14)22(23)24/h3-6,13H,7-12H2,1-2H3. The molecule has 0 bridgehead atoms. The van der Waals surface area contributed by atoms with Gasteiger partial charge in [-0.2, -0.15) is 4.98 Å². The van der Waals surface area contributed by atoms with E-state index < -0.39 is 0 Å². The third-order valence-corrected chi connectivity index (χ3v) is 4.41. The van der Waals surface area contributed by atoms with Crippen LogP contribution in [0, 0.1) is 10.1 Å². The van der Waals surface area contributed by atoms with Gasteiger partial charge in [0.25, 0.3) is 5.69 Å². The van der Waals surface area contributed by atoms with Crippen molar-refractivity contribution in [3.8, 4) is 0 Å². The molecule has 25 heavy (non-hydrogen) atoms. The number of para-hydroxylation sites is 1. The average molecular weight is 345 g/mol. The summed E-state index contributed by atoms with van der Waals surface area (Å²) in [5, 5.41) is 15.1. The Bertz CT molecular complexity index is 723. The second-order valence-electron chi connectivity index (χ2n) is 6.64. The summed E-state index contributed by atoms with van der Waals surface area (Å²) in [6.07, 6.45) is 0. The Hall–Kier alpha value is -2.32. The van der Waals surface area contributed by atoms with Gasteiger partial charge >= 0.3 is 0 Å². The zero-order valence-electron chi connectivity index (χ0n) is 14.6. The molecule has 1 saturated heterocycles. The molecule has 1 aromatic heterocycles. The van der Waals surface area contributed by atoms with Crippen molar-refractivity contribution in [2.24, 2.45) is 0 Å². The van der Waals surface area contributed by atoms with Gasteiger partial charge in [0.05, 0.1) is 11.5 Å². The van der Waals surface area contributed by atoms with E-state index in [1.165, 1.54) is 0 Å². The van der Waals surface area contributed by atoms with Gasteiger partial charge in [0, 0.05) is 50.3 Å². The molecule has 3 rings (SSSR count). The Balaban J connectivity index is 1.53. The SMILES string of the molecule is CC(C)c1noc(CN2CCN(Cc3ccccc3[N+](=O)[O-])CC2)n1. The molecule has 134 valence electrons. The number of nitro groups is 1. The van der Waals surface area contributed by atoms with Crippen LogP contribution in [0.4, 0.5) is 5.69 Å². The number of nitro benzene ring substituents is 1. The molecular formula is C17H23N5O3. The largest absolute Gasteiger partial charge is 0.338 e. The van der Waals surface area contributed by atoms with Crippen molar-refractivity contribution in [2.45, 2.75) is 32.9 Å². The van der Waals surface area contributed by atoms with Gasteiger partial charge < -0.3 is 4.52 Å². The van der Waals surface area contributed by atoms with Crippen molar-refractivity contribution in [2.75, 3.05) is 26.2 Å². The highest BCUT2D eigenvalue weighted by molar-refractivity contribution is 5.39. The summed E-state index contributed by atoms with van der Waals surface area (Å²) >= 11 is 0. The van der Waals surface area contributed by atoms with E-state index in [-0.39, 0.29) is 16.5 Å². The maximum atomic E-state index is 11.1. The lowest BCUT2D eigenvalue weighted by Crippen LogP contribution is -2.45. The van der Waals surface area contributed by atoms with Gasteiger partial charge in [0.2, 0.25) is 5.89 Å². The van der Waals surface area contributed by atoms with Gasteiger partial charge in [-0.05, 0) is 0 Å². The van der Waals surface area contributed by atoms with Crippen LogP contribution in [0.3, 0.4) is 0 Å². The molecule has 8 heteroatoms. The zero-order valence-corrected chi connectivity index (χ0v) is 14.6. The minimum atomic E-state index is -0.312. The molecule has 0 radical (unpaired) electrons. The highest BCUT2D eigenvalue weighted by atomic mass is 16.6. The van der Waals surface area contributed by atoms with Crippen LogP contribution < -0.4 is 0 Å². The van der Waals surface area contributed by atoms with Crippen LogP contribution in [-0.2, 0) is 13.1 Å². The topological polar surface area (TPSA) is 88.5 Å². The third-order valence-electron chi connectivity index (χ3n) is 4.41. The summed E-state index contributed by atoms with van der Waals surface area (Å²) in [7, 11) is 0. The normalized spacial score (nSPS) is 16.4. The molecule has 1 aliphatic heterocycles. The molecule has 2 aromatic rings. The van der Waals surface area contributed by atoms with Crippen LogP contribution in [0.25, 0.3) is 0 Å². The first-order valence-corrected chi connectivity index (χ1v) is 8.52. The summed E-state index contributed by atoms with van der Waals surface area (Å²) < 4.78 is 5.30. The van der Waals surface area contributed by atoms with Crippen LogP contribution in [0.2, 0.25) is 0 Å². The molecular weight excluding hydrogens is 322 g/mol. The molecule has 0 amide bonds. The lowest BCUT2D eigenvalue weighted by molar-refractivity contribution is -0.385. The number of hydrogen-bond donors (Lipinski definition) is 0. The predicted octanol–water partition coefficient (Wildman–Crippen LogP) is 2.42. The molecule has 0 unspecified atom stereocenters. The summed E-state index contributed by atoms with van der Waals surface area (Å²) in [5.41, 5.74) is 0.955. The minimum absolute atomic E-state index is 0.192. The van der Waals surface area contributed by atoms with Gasteiger partial charge in [-0.15, -0.1) is 0 Å². The second-order valence-corrected chi connectivity index (χ2v) is 6.64. The summed E-state index contributed by atoms with van der Waals surface area (Å²) in [6.45, 7) is 8.79. The minimum Gasteiger partial charge on any atom is -0.338 e. The van der Waals surface area contributed by atoms with E-state index in [2.05, 4.69) is 19.9 Å². The maximum Gasteiger partial charge on any atom is 0.273 e. The smallest absolute Gasteiger partial charge is 0.273 e. The first-order chi connectivity index (χ1) is 12.0. The van der Waals surface area contributed by atoms with E-state index in [4.69, 9.17) is 4.52 Å². The Labute approximate surface area is 146 Å². The number of benzene rings is 1. The number of hydrogen-bond acceptors (Lipinski definition) is 7. The predicted molar refractivity (Wildman–Crippen MR) is 92.0 cm³/mol. The van der Waals surface area contributed by atoms with E-state index in [0.717, 1.165) is 37.6 Å². The fourth-order valence-electron chi connectivity index (χ4n) is 2.93. The molecule has 0 atom stereocenters. The van der Waals surface area contributed by atoms with Crippen LogP contribution >= 0.6 is 0 Å². The van der Waals surface area contributed by atoms with Crippen LogP contribution in [-0.4, -0.2) is 51.0 Å². The Morgan fingerprint density at radius 2 is 1.80 bits per heavy atom. The van der Waals surface area contributed by atoms with Crippen LogP contribution in [0.5, 0.6) is 0 Å². The Kier molecular flexibility index (Phi) is 5.40. The number of rotatable bonds is 6. The van der Waals surface area contributed by atoms with Gasteiger partial charge in [-0.3, -0.25) is 19.9 Å². The van der Waals surface area contributed by atoms with Crippen molar-refractivity contribution in [1.82, 2.24) is 19.9 Å². The van der Waals surface area contributed by atoms with Gasteiger partial charge in [-0.25, -0.2) is 0 Å². The van der Waals surface area contributed by atoms with E-state index in [0.29, 0.717) is 19.0 Å². The van der Waals surface area contributed by atoms with E-state index in [1.807, 2.05) is 26.0 Å². The summed E-state index contributed by atoms with van der Waals surface area (Å²) in [5.74, 6) is 1.65. The van der Waals surface area contributed by atoms with Crippen LogP contribution in [0.15, 0.2) is 28.8 Å². The highest BCUT2D eigenvalue weighted by Gasteiger charge is 2.22. The number of piperazine rings is 1. The van der Waals surface area contributed by atoms with E-state index >= 15 is 0 Å². The monoisotopic (exact) mass is 345 g/mol. The number of aromatic nitrogens is 2. The highest BCUT2D eigenvalue weighted by Crippen LogP contribution is 2.20. The molecule has 1 fully saturated rings. The van der Waals surface area contributed by atoms with E-state index in [9.17, 15) is 10.1 Å². The fourth-order valence-corrected chi connectivity index (χ4v) is 2.93. The molecule has 0 N–H and O–H groups in total. The fraction of sp³-hybridized carbons (Fsp3) is 0.529. The lowest BCUT2D eigenvalue weighted by Gasteiger charge is -2.33. The maximum absolute atomic E-state index is 11.1. The van der Waals surface area contributed by atoms with Gasteiger partial charge in [-0.1, -0.05) is 37.2 Å². The van der Waals surface area contributed by atoms with Crippen LogP contribution in [0.1, 0.15) is 37.0 Å². The summed E-state index contributed by atoms with van der Waals surface area (Å²) in [4.78, 5) is 19.7. The van der Waals surface area contributed by atoms with Crippen molar-refractivity contribution < 1.29 is 9.45 Å². The first-order valence-electron chi connectivity index (χ1n) is 8.52.